The Kier molecular flexibility index (Phi) is 3.68. The number of carbonyl (C=O) groups is 1. The first kappa shape index (κ1) is 13.1. The van der Waals surface area contributed by atoms with Gasteiger partial charge in [-0.15, -0.1) is 0 Å². The topological polar surface area (TPSA) is 66.6 Å². The molecule has 0 radical (unpaired) electrons. The smallest absolute Gasteiger partial charge is 0.227 e. The Morgan fingerprint density at radius 1 is 1.39 bits per heavy atom. The molecule has 0 saturated carbocycles. The molecular formula is C14H20N2O2. The first-order valence-corrected chi connectivity index (χ1v) is 6.35. The van der Waals surface area contributed by atoms with Crippen LogP contribution in [0.3, 0.4) is 0 Å². The summed E-state index contributed by atoms with van der Waals surface area (Å²) in [7, 11) is 0. The quantitative estimate of drug-likeness (QED) is 0.823. The summed E-state index contributed by atoms with van der Waals surface area (Å²) in [6, 6.07) is 7.73. The standard InChI is InChI=1S/C14H20N2O2/c1-2-14(18)9-16(10-14)13(17)7-11-5-3-4-6-12(11)8-15/h3-6,18H,2,7-10,15H2,1H3. The fourth-order valence-corrected chi connectivity index (χ4v) is 2.27. The highest BCUT2D eigenvalue weighted by Crippen LogP contribution is 2.25. The number of aliphatic hydroxyl groups is 1. The zero-order chi connectivity index (χ0) is 13.2. The van der Waals surface area contributed by atoms with Crippen molar-refractivity contribution in [3.63, 3.8) is 0 Å². The van der Waals surface area contributed by atoms with Crippen LogP contribution in [-0.2, 0) is 17.8 Å². The Morgan fingerprint density at radius 3 is 2.56 bits per heavy atom. The third kappa shape index (κ3) is 2.54. The van der Waals surface area contributed by atoms with Gasteiger partial charge < -0.3 is 15.7 Å². The number of benzene rings is 1. The van der Waals surface area contributed by atoms with Crippen LogP contribution in [-0.4, -0.2) is 34.6 Å². The number of carbonyl (C=O) groups excluding carboxylic acids is 1. The van der Waals surface area contributed by atoms with Gasteiger partial charge in [-0.05, 0) is 17.5 Å². The minimum Gasteiger partial charge on any atom is -0.386 e. The number of rotatable bonds is 4. The summed E-state index contributed by atoms with van der Waals surface area (Å²) in [5.74, 6) is 0.0639. The maximum absolute atomic E-state index is 12.0. The molecule has 98 valence electrons. The zero-order valence-corrected chi connectivity index (χ0v) is 10.7. The molecule has 2 rings (SSSR count). The molecule has 3 N–H and O–H groups in total. The SMILES string of the molecule is CCC1(O)CN(C(=O)Cc2ccccc2CN)C1. The average molecular weight is 248 g/mol. The third-order valence-electron chi connectivity index (χ3n) is 3.66. The molecule has 0 aromatic heterocycles. The van der Waals surface area contributed by atoms with Crippen LogP contribution >= 0.6 is 0 Å². The average Bonchev–Trinajstić information content (AvgIpc) is 2.35. The minimum atomic E-state index is -0.664. The van der Waals surface area contributed by atoms with Gasteiger partial charge in [0.15, 0.2) is 0 Å². The molecule has 0 spiro atoms. The van der Waals surface area contributed by atoms with E-state index in [9.17, 15) is 9.90 Å². The van der Waals surface area contributed by atoms with Gasteiger partial charge in [0.2, 0.25) is 5.91 Å². The fraction of sp³-hybridized carbons (Fsp3) is 0.500. The molecule has 1 aliphatic rings. The van der Waals surface area contributed by atoms with Gasteiger partial charge in [-0.3, -0.25) is 4.79 Å². The predicted molar refractivity (Wildman–Crippen MR) is 69.9 cm³/mol. The van der Waals surface area contributed by atoms with E-state index in [0.717, 1.165) is 11.1 Å². The lowest BCUT2D eigenvalue weighted by molar-refractivity contribution is -0.155. The van der Waals surface area contributed by atoms with E-state index in [0.29, 0.717) is 32.5 Å². The molecule has 4 nitrogen and oxygen atoms in total. The van der Waals surface area contributed by atoms with E-state index < -0.39 is 5.60 Å². The first-order chi connectivity index (χ1) is 8.58. The van der Waals surface area contributed by atoms with Gasteiger partial charge >= 0.3 is 0 Å². The van der Waals surface area contributed by atoms with Crippen molar-refractivity contribution in [1.82, 2.24) is 4.90 Å². The summed E-state index contributed by atoms with van der Waals surface area (Å²) in [4.78, 5) is 13.7. The van der Waals surface area contributed by atoms with Gasteiger partial charge in [-0.25, -0.2) is 0 Å². The van der Waals surface area contributed by atoms with E-state index in [1.807, 2.05) is 31.2 Å². The van der Waals surface area contributed by atoms with E-state index in [2.05, 4.69) is 0 Å². The molecule has 1 heterocycles. The Hall–Kier alpha value is -1.39. The van der Waals surface area contributed by atoms with Crippen molar-refractivity contribution in [2.24, 2.45) is 5.73 Å². The van der Waals surface area contributed by atoms with Gasteiger partial charge in [-0.1, -0.05) is 31.2 Å². The lowest BCUT2D eigenvalue weighted by Crippen LogP contribution is -2.63. The molecule has 1 aromatic rings. The normalized spacial score (nSPS) is 17.4. The molecule has 0 bridgehead atoms. The van der Waals surface area contributed by atoms with Gasteiger partial charge in [0.25, 0.3) is 0 Å². The fourth-order valence-electron chi connectivity index (χ4n) is 2.27. The third-order valence-corrected chi connectivity index (χ3v) is 3.66. The van der Waals surface area contributed by atoms with Crippen molar-refractivity contribution >= 4 is 5.91 Å². The number of nitrogens with two attached hydrogens (primary N) is 1. The van der Waals surface area contributed by atoms with Crippen LogP contribution in [0.25, 0.3) is 0 Å². The summed E-state index contributed by atoms with van der Waals surface area (Å²) in [6.07, 6.45) is 1.06. The second kappa shape index (κ2) is 5.08. The van der Waals surface area contributed by atoms with Gasteiger partial charge in [0.1, 0.15) is 0 Å². The maximum Gasteiger partial charge on any atom is 0.227 e. The monoisotopic (exact) mass is 248 g/mol. The predicted octanol–water partition coefficient (Wildman–Crippen LogP) is 0.671. The summed E-state index contributed by atoms with van der Waals surface area (Å²) in [5.41, 5.74) is 6.98. The molecule has 1 aromatic carbocycles. The number of nitrogens with zero attached hydrogens (tertiary/aromatic N) is 1. The molecule has 4 heteroatoms. The van der Waals surface area contributed by atoms with Gasteiger partial charge in [0.05, 0.1) is 25.1 Å². The Bertz CT molecular complexity index is 439. The molecule has 1 aliphatic heterocycles. The zero-order valence-electron chi connectivity index (χ0n) is 10.7. The van der Waals surface area contributed by atoms with Crippen LogP contribution in [0, 0.1) is 0 Å². The van der Waals surface area contributed by atoms with Crippen molar-refractivity contribution in [2.45, 2.75) is 31.9 Å². The Labute approximate surface area is 107 Å². The van der Waals surface area contributed by atoms with E-state index in [-0.39, 0.29) is 5.91 Å². The lowest BCUT2D eigenvalue weighted by atomic mass is 9.90. The van der Waals surface area contributed by atoms with Crippen LogP contribution < -0.4 is 5.73 Å². The molecular weight excluding hydrogens is 228 g/mol. The summed E-state index contributed by atoms with van der Waals surface area (Å²) >= 11 is 0. The summed E-state index contributed by atoms with van der Waals surface area (Å²) < 4.78 is 0. The van der Waals surface area contributed by atoms with E-state index in [4.69, 9.17) is 5.73 Å². The number of amides is 1. The summed E-state index contributed by atoms with van der Waals surface area (Å²) in [6.45, 7) is 3.29. The highest BCUT2D eigenvalue weighted by molar-refractivity contribution is 5.80. The first-order valence-electron chi connectivity index (χ1n) is 6.35. The number of likely N-dealkylation sites (tertiary alicyclic amines) is 1. The van der Waals surface area contributed by atoms with Crippen LogP contribution in [0.4, 0.5) is 0 Å². The van der Waals surface area contributed by atoms with Crippen molar-refractivity contribution in [2.75, 3.05) is 13.1 Å². The lowest BCUT2D eigenvalue weighted by Gasteiger charge is -2.46. The largest absolute Gasteiger partial charge is 0.386 e. The number of hydrogen-bond acceptors (Lipinski definition) is 3. The molecule has 0 atom stereocenters. The molecule has 1 amide bonds. The molecule has 0 aliphatic carbocycles. The maximum atomic E-state index is 12.0. The molecule has 1 fully saturated rings. The van der Waals surface area contributed by atoms with Crippen LogP contribution in [0.15, 0.2) is 24.3 Å². The Balaban J connectivity index is 1.97. The van der Waals surface area contributed by atoms with Gasteiger partial charge in [-0.2, -0.15) is 0 Å². The van der Waals surface area contributed by atoms with E-state index in [1.54, 1.807) is 4.90 Å². The number of β-amino-alcohol motifs (C(OH)–C–C–N with tert-alkyl or cyclic N) is 1. The molecule has 0 unspecified atom stereocenters. The van der Waals surface area contributed by atoms with Crippen LogP contribution in [0.5, 0.6) is 0 Å². The van der Waals surface area contributed by atoms with Crippen LogP contribution in [0.1, 0.15) is 24.5 Å². The van der Waals surface area contributed by atoms with Crippen LogP contribution in [0.2, 0.25) is 0 Å². The highest BCUT2D eigenvalue weighted by Gasteiger charge is 2.41. The van der Waals surface area contributed by atoms with Crippen molar-refractivity contribution in [3.05, 3.63) is 35.4 Å². The van der Waals surface area contributed by atoms with Crippen molar-refractivity contribution in [3.8, 4) is 0 Å². The summed E-state index contributed by atoms with van der Waals surface area (Å²) in [5, 5.41) is 9.89. The highest BCUT2D eigenvalue weighted by atomic mass is 16.3. The molecule has 1 saturated heterocycles. The second-order valence-corrected chi connectivity index (χ2v) is 4.98. The van der Waals surface area contributed by atoms with Crippen molar-refractivity contribution < 1.29 is 9.90 Å². The van der Waals surface area contributed by atoms with E-state index >= 15 is 0 Å². The number of hydrogen-bond donors (Lipinski definition) is 2. The van der Waals surface area contributed by atoms with Crippen molar-refractivity contribution in [1.29, 1.82) is 0 Å². The Morgan fingerprint density at radius 2 is 2.00 bits per heavy atom. The van der Waals surface area contributed by atoms with E-state index in [1.165, 1.54) is 0 Å². The van der Waals surface area contributed by atoms with Gasteiger partial charge in [0, 0.05) is 6.54 Å². The molecule has 18 heavy (non-hydrogen) atoms. The second-order valence-electron chi connectivity index (χ2n) is 4.98. The minimum absolute atomic E-state index is 0.0639.